The molecule has 7 nitrogen and oxygen atoms in total. The molecule has 7 heteroatoms. The Morgan fingerprint density at radius 1 is 1.35 bits per heavy atom. The maximum atomic E-state index is 12.1. The molecule has 0 radical (unpaired) electrons. The van der Waals surface area contributed by atoms with Crippen molar-refractivity contribution >= 4 is 11.7 Å². The largest absolute Gasteiger partial charge is 0.328 e. The number of allylic oxidation sites excluding steroid dienone is 2. The summed E-state index contributed by atoms with van der Waals surface area (Å²) in [5.74, 6) is 0.658. The number of fused-ring (bicyclic) bond motifs is 1. The zero-order chi connectivity index (χ0) is 14.4. The summed E-state index contributed by atoms with van der Waals surface area (Å²) in [5, 5.41) is 11.6. The van der Waals surface area contributed by atoms with Crippen molar-refractivity contribution in [2.45, 2.75) is 26.8 Å². The average Bonchev–Trinajstić information content (AvgIpc) is 2.96. The highest BCUT2D eigenvalue weighted by Crippen LogP contribution is 2.35. The van der Waals surface area contributed by atoms with Gasteiger partial charge in [0, 0.05) is 29.6 Å². The fourth-order valence-corrected chi connectivity index (χ4v) is 2.62. The van der Waals surface area contributed by atoms with Gasteiger partial charge < -0.3 is 5.32 Å². The molecule has 1 atom stereocenters. The third-order valence-corrected chi connectivity index (χ3v) is 3.74. The lowest BCUT2D eigenvalue weighted by molar-refractivity contribution is -0.114. The molecule has 104 valence electrons. The molecule has 2 aromatic rings. The van der Waals surface area contributed by atoms with E-state index in [-0.39, 0.29) is 11.8 Å². The zero-order valence-corrected chi connectivity index (χ0v) is 11.9. The van der Waals surface area contributed by atoms with Crippen LogP contribution >= 0.6 is 0 Å². The Hall–Kier alpha value is -2.44. The molecule has 0 bridgehead atoms. The fraction of sp³-hybridized carbons (Fsp3) is 0.385. The van der Waals surface area contributed by atoms with Crippen molar-refractivity contribution in [3.8, 4) is 0 Å². The summed E-state index contributed by atoms with van der Waals surface area (Å²) in [7, 11) is 1.88. The molecule has 20 heavy (non-hydrogen) atoms. The Labute approximate surface area is 116 Å². The van der Waals surface area contributed by atoms with Crippen molar-refractivity contribution in [3.63, 3.8) is 0 Å². The summed E-state index contributed by atoms with van der Waals surface area (Å²) in [6.07, 6.45) is 3.27. The van der Waals surface area contributed by atoms with Crippen molar-refractivity contribution in [1.82, 2.24) is 24.5 Å². The molecule has 0 saturated heterocycles. The van der Waals surface area contributed by atoms with Crippen molar-refractivity contribution in [2.75, 3.05) is 5.32 Å². The number of ketones is 1. The van der Waals surface area contributed by atoms with E-state index in [0.29, 0.717) is 11.5 Å². The van der Waals surface area contributed by atoms with Crippen molar-refractivity contribution in [3.05, 3.63) is 35.1 Å². The van der Waals surface area contributed by atoms with Crippen LogP contribution in [0.2, 0.25) is 0 Å². The first-order valence-electron chi connectivity index (χ1n) is 6.37. The Morgan fingerprint density at radius 3 is 2.70 bits per heavy atom. The molecule has 1 aliphatic heterocycles. The molecular formula is C13H16N6O. The standard InChI is InChI=1S/C13H16N6O/c1-7-11(9(3)20)12(10-5-15-18(4)8(10)2)19-13(17-7)14-6-16-19/h5-6,12H,1-4H3,(H,14,16,17)/t12-/m0/s1. The molecular weight excluding hydrogens is 256 g/mol. The molecule has 0 amide bonds. The number of rotatable bonds is 2. The predicted molar refractivity (Wildman–Crippen MR) is 73.1 cm³/mol. The van der Waals surface area contributed by atoms with E-state index in [4.69, 9.17) is 0 Å². The SMILES string of the molecule is CC(=O)C1=C(C)Nc2ncnn2[C@H]1c1cnn(C)c1C. The highest BCUT2D eigenvalue weighted by Gasteiger charge is 2.33. The number of carbonyl (C=O) groups is 1. The van der Waals surface area contributed by atoms with Gasteiger partial charge in [0.25, 0.3) is 0 Å². The molecule has 3 rings (SSSR count). The van der Waals surface area contributed by atoms with Crippen molar-refractivity contribution < 1.29 is 4.79 Å². The van der Waals surface area contributed by atoms with Crippen LogP contribution in [0.5, 0.6) is 0 Å². The van der Waals surface area contributed by atoms with E-state index in [0.717, 1.165) is 17.0 Å². The maximum Gasteiger partial charge on any atom is 0.226 e. The van der Waals surface area contributed by atoms with E-state index < -0.39 is 0 Å². The van der Waals surface area contributed by atoms with E-state index >= 15 is 0 Å². The Kier molecular flexibility index (Phi) is 2.70. The second-order valence-electron chi connectivity index (χ2n) is 4.96. The van der Waals surface area contributed by atoms with Crippen LogP contribution in [0.25, 0.3) is 0 Å². The molecule has 1 aliphatic rings. The smallest absolute Gasteiger partial charge is 0.226 e. The van der Waals surface area contributed by atoms with E-state index in [9.17, 15) is 4.79 Å². The molecule has 0 unspecified atom stereocenters. The minimum Gasteiger partial charge on any atom is -0.328 e. The lowest BCUT2D eigenvalue weighted by Crippen LogP contribution is -2.28. The molecule has 0 aliphatic carbocycles. The normalized spacial score (nSPS) is 17.9. The zero-order valence-electron chi connectivity index (χ0n) is 11.9. The van der Waals surface area contributed by atoms with E-state index in [1.807, 2.05) is 20.9 Å². The van der Waals surface area contributed by atoms with Crippen molar-refractivity contribution in [1.29, 1.82) is 0 Å². The van der Waals surface area contributed by atoms with Crippen LogP contribution in [0.15, 0.2) is 23.8 Å². The monoisotopic (exact) mass is 272 g/mol. The van der Waals surface area contributed by atoms with E-state index in [2.05, 4.69) is 20.5 Å². The molecule has 0 fully saturated rings. The van der Waals surface area contributed by atoms with Crippen LogP contribution in [0.4, 0.5) is 5.95 Å². The van der Waals surface area contributed by atoms with Gasteiger partial charge in [0.1, 0.15) is 12.4 Å². The molecule has 1 N–H and O–H groups in total. The van der Waals surface area contributed by atoms with Gasteiger partial charge in [-0.3, -0.25) is 9.48 Å². The fourth-order valence-electron chi connectivity index (χ4n) is 2.62. The number of hydrogen-bond acceptors (Lipinski definition) is 5. The van der Waals surface area contributed by atoms with Crippen LogP contribution in [-0.2, 0) is 11.8 Å². The van der Waals surface area contributed by atoms with Gasteiger partial charge in [0.2, 0.25) is 5.95 Å². The average molecular weight is 272 g/mol. The third kappa shape index (κ3) is 1.66. The van der Waals surface area contributed by atoms with Gasteiger partial charge >= 0.3 is 0 Å². The number of Topliss-reactive ketones (excluding diaryl/α,β-unsaturated/α-hetero) is 1. The van der Waals surface area contributed by atoms with Crippen molar-refractivity contribution in [2.24, 2.45) is 7.05 Å². The van der Waals surface area contributed by atoms with Gasteiger partial charge in [-0.1, -0.05) is 0 Å². The quantitative estimate of drug-likeness (QED) is 0.888. The first kappa shape index (κ1) is 12.6. The lowest BCUT2D eigenvalue weighted by Gasteiger charge is -2.27. The summed E-state index contributed by atoms with van der Waals surface area (Å²) >= 11 is 0. The highest BCUT2D eigenvalue weighted by atomic mass is 16.1. The topological polar surface area (TPSA) is 77.6 Å². The number of hydrogen-bond donors (Lipinski definition) is 1. The van der Waals surface area contributed by atoms with E-state index in [1.165, 1.54) is 6.33 Å². The number of aromatic nitrogens is 5. The summed E-state index contributed by atoms with van der Waals surface area (Å²) in [5.41, 5.74) is 3.47. The van der Waals surface area contributed by atoms with Gasteiger partial charge in [-0.05, 0) is 20.8 Å². The maximum absolute atomic E-state index is 12.1. The van der Waals surface area contributed by atoms with Crippen LogP contribution < -0.4 is 5.32 Å². The summed E-state index contributed by atoms with van der Waals surface area (Å²) in [6, 6.07) is -0.278. The van der Waals surface area contributed by atoms with Gasteiger partial charge in [-0.2, -0.15) is 15.2 Å². The highest BCUT2D eigenvalue weighted by molar-refractivity contribution is 5.96. The molecule has 3 heterocycles. The molecule has 0 saturated carbocycles. The van der Waals surface area contributed by atoms with Gasteiger partial charge in [0.05, 0.1) is 6.20 Å². The van der Waals surface area contributed by atoms with E-state index in [1.54, 1.807) is 22.5 Å². The third-order valence-electron chi connectivity index (χ3n) is 3.74. The minimum atomic E-state index is -0.278. The first-order chi connectivity index (χ1) is 9.50. The van der Waals surface area contributed by atoms with Crippen LogP contribution in [0.3, 0.4) is 0 Å². The predicted octanol–water partition coefficient (Wildman–Crippen LogP) is 1.20. The Balaban J connectivity index is 2.25. The number of aryl methyl sites for hydroxylation is 1. The van der Waals surface area contributed by atoms with Gasteiger partial charge in [-0.15, -0.1) is 0 Å². The summed E-state index contributed by atoms with van der Waals surface area (Å²) in [6.45, 7) is 5.43. The minimum absolute atomic E-state index is 0.0180. The van der Waals surface area contributed by atoms with Gasteiger partial charge in [0.15, 0.2) is 5.78 Å². The number of nitrogens with one attached hydrogen (secondary N) is 1. The van der Waals surface area contributed by atoms with Crippen LogP contribution in [0.1, 0.15) is 31.1 Å². The Morgan fingerprint density at radius 2 is 2.10 bits per heavy atom. The Bertz CT molecular complexity index is 723. The first-order valence-corrected chi connectivity index (χ1v) is 6.37. The summed E-state index contributed by atoms with van der Waals surface area (Å²) in [4.78, 5) is 16.2. The molecule has 2 aromatic heterocycles. The second kappa shape index (κ2) is 4.29. The second-order valence-corrected chi connectivity index (χ2v) is 4.96. The lowest BCUT2D eigenvalue weighted by atomic mass is 9.94. The number of carbonyl (C=O) groups excluding carboxylic acids is 1. The number of nitrogens with zero attached hydrogens (tertiary/aromatic N) is 5. The number of anilines is 1. The van der Waals surface area contributed by atoms with Crippen LogP contribution in [-0.4, -0.2) is 30.3 Å². The summed E-state index contributed by atoms with van der Waals surface area (Å²) < 4.78 is 3.52. The molecule has 0 aromatic carbocycles. The molecule has 0 spiro atoms. The van der Waals surface area contributed by atoms with Gasteiger partial charge in [-0.25, -0.2) is 4.68 Å². The van der Waals surface area contributed by atoms with Crippen LogP contribution in [0, 0.1) is 6.92 Å².